The molecule has 0 saturated heterocycles. The van der Waals surface area contributed by atoms with Crippen LogP contribution in [0.3, 0.4) is 0 Å². The van der Waals surface area contributed by atoms with Gasteiger partial charge in [-0.1, -0.05) is 6.07 Å². The van der Waals surface area contributed by atoms with Crippen LogP contribution in [0.5, 0.6) is 0 Å². The number of hydrogen-bond acceptors (Lipinski definition) is 5. The summed E-state index contributed by atoms with van der Waals surface area (Å²) in [6.45, 7) is 4.03. The van der Waals surface area contributed by atoms with E-state index in [1.165, 1.54) is 0 Å². The summed E-state index contributed by atoms with van der Waals surface area (Å²) in [5.41, 5.74) is 3.97. The number of anilines is 1. The highest BCUT2D eigenvalue weighted by atomic mass is 32.2. The highest BCUT2D eigenvalue weighted by Crippen LogP contribution is 2.25. The van der Waals surface area contributed by atoms with Gasteiger partial charge in [-0.05, 0) is 37.6 Å². The number of carbonyl (C=O) groups excluding carboxylic acids is 1. The van der Waals surface area contributed by atoms with Crippen molar-refractivity contribution in [3.63, 3.8) is 0 Å². The standard InChI is InChI=1S/C18H19N3OS2/c1-12-5-6-16(15-4-3-8-19-18(12)15)21-17(22)7-9-23-10-14-11-24-13(2)20-14/h3-6,8,11H,7,9-10H2,1-2H3,(H,21,22). The monoisotopic (exact) mass is 357 g/mol. The number of carbonyl (C=O) groups is 1. The summed E-state index contributed by atoms with van der Waals surface area (Å²) in [6, 6.07) is 7.82. The number of nitrogens with one attached hydrogen (secondary N) is 1. The fourth-order valence-electron chi connectivity index (χ4n) is 2.45. The summed E-state index contributed by atoms with van der Waals surface area (Å²) in [5.74, 6) is 1.67. The summed E-state index contributed by atoms with van der Waals surface area (Å²) in [5, 5.41) is 7.16. The van der Waals surface area contributed by atoms with Crippen LogP contribution in [-0.2, 0) is 10.5 Å². The van der Waals surface area contributed by atoms with Crippen LogP contribution in [-0.4, -0.2) is 21.6 Å². The Kier molecular flexibility index (Phi) is 5.48. The molecule has 6 heteroatoms. The smallest absolute Gasteiger partial charge is 0.225 e. The van der Waals surface area contributed by atoms with Gasteiger partial charge in [0.25, 0.3) is 0 Å². The van der Waals surface area contributed by atoms with Crippen LogP contribution in [0, 0.1) is 13.8 Å². The number of aromatic nitrogens is 2. The van der Waals surface area contributed by atoms with Crippen LogP contribution in [0.25, 0.3) is 10.9 Å². The second-order valence-corrected chi connectivity index (χ2v) is 7.71. The van der Waals surface area contributed by atoms with Gasteiger partial charge in [-0.3, -0.25) is 9.78 Å². The van der Waals surface area contributed by atoms with Crippen molar-refractivity contribution in [2.45, 2.75) is 26.0 Å². The molecule has 0 atom stereocenters. The molecule has 1 aromatic carbocycles. The van der Waals surface area contributed by atoms with Crippen molar-refractivity contribution in [2.75, 3.05) is 11.1 Å². The SMILES string of the molecule is Cc1nc(CSCCC(=O)Nc2ccc(C)c3ncccc23)cs1. The molecule has 2 heterocycles. The predicted molar refractivity (Wildman–Crippen MR) is 103 cm³/mol. The second-order valence-electron chi connectivity index (χ2n) is 5.54. The Hall–Kier alpha value is -1.92. The molecular weight excluding hydrogens is 338 g/mol. The second kappa shape index (κ2) is 7.77. The fraction of sp³-hybridized carbons (Fsp3) is 0.278. The maximum atomic E-state index is 12.2. The number of thiazole rings is 1. The van der Waals surface area contributed by atoms with Gasteiger partial charge in [0.15, 0.2) is 0 Å². The van der Waals surface area contributed by atoms with Crippen molar-refractivity contribution in [2.24, 2.45) is 0 Å². The molecule has 24 heavy (non-hydrogen) atoms. The average molecular weight is 358 g/mol. The van der Waals surface area contributed by atoms with E-state index in [-0.39, 0.29) is 5.91 Å². The third-order valence-electron chi connectivity index (χ3n) is 3.64. The van der Waals surface area contributed by atoms with Crippen LogP contribution in [0.15, 0.2) is 35.8 Å². The molecule has 3 aromatic rings. The van der Waals surface area contributed by atoms with Crippen molar-refractivity contribution in [3.8, 4) is 0 Å². The number of amides is 1. The van der Waals surface area contributed by atoms with E-state index in [1.54, 1.807) is 29.3 Å². The first-order valence-corrected chi connectivity index (χ1v) is 9.80. The van der Waals surface area contributed by atoms with Crippen molar-refractivity contribution >= 4 is 45.6 Å². The van der Waals surface area contributed by atoms with E-state index >= 15 is 0 Å². The van der Waals surface area contributed by atoms with E-state index in [0.717, 1.165) is 44.4 Å². The first-order valence-electron chi connectivity index (χ1n) is 7.76. The van der Waals surface area contributed by atoms with Gasteiger partial charge in [0.1, 0.15) is 0 Å². The number of rotatable bonds is 6. The van der Waals surface area contributed by atoms with Gasteiger partial charge in [0.05, 0.1) is 21.9 Å². The highest BCUT2D eigenvalue weighted by Gasteiger charge is 2.08. The summed E-state index contributed by atoms with van der Waals surface area (Å²) in [6.07, 6.45) is 2.27. The molecule has 0 spiro atoms. The lowest BCUT2D eigenvalue weighted by molar-refractivity contribution is -0.115. The van der Waals surface area contributed by atoms with E-state index in [2.05, 4.69) is 20.7 Å². The predicted octanol–water partition coefficient (Wildman–Crippen LogP) is 4.57. The Balaban J connectivity index is 1.54. The maximum Gasteiger partial charge on any atom is 0.225 e. The molecule has 0 aliphatic heterocycles. The van der Waals surface area contributed by atoms with Crippen LogP contribution in [0.1, 0.15) is 22.7 Å². The summed E-state index contributed by atoms with van der Waals surface area (Å²) in [7, 11) is 0. The molecule has 2 aromatic heterocycles. The molecule has 0 radical (unpaired) electrons. The highest BCUT2D eigenvalue weighted by molar-refractivity contribution is 7.98. The first kappa shape index (κ1) is 16.9. The Labute approximate surface area is 149 Å². The molecule has 0 aliphatic rings. The Morgan fingerprint density at radius 1 is 1.29 bits per heavy atom. The number of fused-ring (bicyclic) bond motifs is 1. The molecular formula is C18H19N3OS2. The number of nitrogens with zero attached hydrogens (tertiary/aromatic N) is 2. The minimum atomic E-state index is 0.0333. The van der Waals surface area contributed by atoms with Gasteiger partial charge in [-0.25, -0.2) is 4.98 Å². The van der Waals surface area contributed by atoms with Gasteiger partial charge < -0.3 is 5.32 Å². The van der Waals surface area contributed by atoms with Crippen molar-refractivity contribution in [3.05, 3.63) is 52.1 Å². The number of aryl methyl sites for hydroxylation is 2. The molecule has 0 unspecified atom stereocenters. The number of thioether (sulfide) groups is 1. The third kappa shape index (κ3) is 4.13. The van der Waals surface area contributed by atoms with Crippen molar-refractivity contribution in [1.82, 2.24) is 9.97 Å². The number of pyridine rings is 1. The van der Waals surface area contributed by atoms with Gasteiger partial charge >= 0.3 is 0 Å². The van der Waals surface area contributed by atoms with Crippen molar-refractivity contribution in [1.29, 1.82) is 0 Å². The molecule has 0 saturated carbocycles. The Bertz CT molecular complexity index is 860. The lowest BCUT2D eigenvalue weighted by Gasteiger charge is -2.10. The molecule has 1 amide bonds. The van der Waals surface area contributed by atoms with Crippen LogP contribution >= 0.6 is 23.1 Å². The molecule has 124 valence electrons. The van der Waals surface area contributed by atoms with Crippen LogP contribution < -0.4 is 5.32 Å². The van der Waals surface area contributed by atoms with Crippen LogP contribution in [0.4, 0.5) is 5.69 Å². The molecule has 1 N–H and O–H groups in total. The molecule has 4 nitrogen and oxygen atoms in total. The first-order chi connectivity index (χ1) is 11.6. The van der Waals surface area contributed by atoms with E-state index < -0.39 is 0 Å². The largest absolute Gasteiger partial charge is 0.325 e. The van der Waals surface area contributed by atoms with Crippen LogP contribution in [0.2, 0.25) is 0 Å². The zero-order valence-electron chi connectivity index (χ0n) is 13.7. The molecule has 0 bridgehead atoms. The molecule has 3 rings (SSSR count). The van der Waals surface area contributed by atoms with E-state index in [1.807, 2.05) is 38.1 Å². The zero-order chi connectivity index (χ0) is 16.9. The Morgan fingerprint density at radius 2 is 2.17 bits per heavy atom. The van der Waals surface area contributed by atoms with E-state index in [4.69, 9.17) is 0 Å². The quantitative estimate of drug-likeness (QED) is 0.657. The maximum absolute atomic E-state index is 12.2. The van der Waals surface area contributed by atoms with Gasteiger partial charge in [0.2, 0.25) is 5.91 Å². The summed E-state index contributed by atoms with van der Waals surface area (Å²) < 4.78 is 0. The van der Waals surface area contributed by atoms with Crippen molar-refractivity contribution < 1.29 is 4.79 Å². The van der Waals surface area contributed by atoms with E-state index in [0.29, 0.717) is 6.42 Å². The molecule has 0 aliphatic carbocycles. The summed E-state index contributed by atoms with van der Waals surface area (Å²) in [4.78, 5) is 21.0. The minimum absolute atomic E-state index is 0.0333. The minimum Gasteiger partial charge on any atom is -0.325 e. The summed E-state index contributed by atoms with van der Waals surface area (Å²) >= 11 is 3.40. The normalized spacial score (nSPS) is 10.9. The third-order valence-corrected chi connectivity index (χ3v) is 5.45. The van der Waals surface area contributed by atoms with Gasteiger partial charge in [-0.15, -0.1) is 11.3 Å². The lowest BCUT2D eigenvalue weighted by atomic mass is 10.1. The average Bonchev–Trinajstić information content (AvgIpc) is 3.00. The van der Waals surface area contributed by atoms with Gasteiger partial charge in [-0.2, -0.15) is 11.8 Å². The number of hydrogen-bond donors (Lipinski definition) is 1. The molecule has 0 fully saturated rings. The fourth-order valence-corrected chi connectivity index (χ4v) is 4.00. The zero-order valence-corrected chi connectivity index (χ0v) is 15.3. The number of benzene rings is 1. The van der Waals surface area contributed by atoms with E-state index in [9.17, 15) is 4.79 Å². The lowest BCUT2D eigenvalue weighted by Crippen LogP contribution is -2.12. The topological polar surface area (TPSA) is 54.9 Å². The van der Waals surface area contributed by atoms with Gasteiger partial charge in [0, 0.05) is 34.9 Å². The Morgan fingerprint density at radius 3 is 2.96 bits per heavy atom.